The number of piperidine rings is 1. The van der Waals surface area contributed by atoms with Crippen LogP contribution in [-0.4, -0.2) is 51.7 Å². The number of thioether (sulfide) groups is 1. The van der Waals surface area contributed by atoms with E-state index in [1.807, 2.05) is 6.92 Å². The van der Waals surface area contributed by atoms with Gasteiger partial charge >= 0.3 is 16.0 Å². The van der Waals surface area contributed by atoms with Gasteiger partial charge in [-0.05, 0) is 30.8 Å². The number of carbonyl (C=O) groups excluding carboxylic acids is 1. The monoisotopic (exact) mass is 368 g/mol. The first-order valence-electron chi connectivity index (χ1n) is 7.71. The van der Waals surface area contributed by atoms with Crippen LogP contribution in [-0.2, 0) is 9.53 Å². The molecule has 0 spiro atoms. The second-order valence-corrected chi connectivity index (χ2v) is 7.49. The number of aromatic amines is 1. The highest BCUT2D eigenvalue weighted by atomic mass is 32.2. The molecule has 0 bridgehead atoms. The van der Waals surface area contributed by atoms with Gasteiger partial charge in [-0.1, -0.05) is 11.3 Å². The predicted octanol–water partition coefficient (Wildman–Crippen LogP) is 1.64. The first-order chi connectivity index (χ1) is 11.6. The highest BCUT2D eigenvalue weighted by Gasteiger charge is 2.30. The van der Waals surface area contributed by atoms with Crippen LogP contribution in [0.1, 0.15) is 24.6 Å². The molecule has 0 aromatic carbocycles. The van der Waals surface area contributed by atoms with Crippen LogP contribution in [0, 0.1) is 5.92 Å². The topological polar surface area (TPSA) is 94.8 Å². The van der Waals surface area contributed by atoms with Gasteiger partial charge in [0.25, 0.3) is 0 Å². The van der Waals surface area contributed by atoms with E-state index in [1.165, 1.54) is 11.8 Å². The molecule has 9 heteroatoms. The molecule has 2 aliphatic rings. The summed E-state index contributed by atoms with van der Waals surface area (Å²) in [6.45, 7) is 3.76. The zero-order chi connectivity index (χ0) is 17.1. The van der Waals surface area contributed by atoms with Crippen LogP contribution < -0.4 is 4.87 Å². The quantitative estimate of drug-likeness (QED) is 0.625. The Morgan fingerprint density at radius 2 is 2.29 bits per heavy atom. The summed E-state index contributed by atoms with van der Waals surface area (Å²) in [6.07, 6.45) is 4.99. The van der Waals surface area contributed by atoms with E-state index < -0.39 is 0 Å². The maximum absolute atomic E-state index is 11.8. The van der Waals surface area contributed by atoms with Gasteiger partial charge in [-0.3, -0.25) is 19.1 Å². The zero-order valence-electron chi connectivity index (χ0n) is 13.2. The van der Waals surface area contributed by atoms with Crippen molar-refractivity contribution >= 4 is 46.5 Å². The van der Waals surface area contributed by atoms with Gasteiger partial charge in [-0.15, -0.1) is 0 Å². The number of ether oxygens (including phenoxy) is 1. The summed E-state index contributed by atoms with van der Waals surface area (Å²) in [5.74, 6) is -0.250. The molecule has 0 aliphatic carbocycles. The molecule has 0 saturated carbocycles. The number of nitrogens with one attached hydrogen (secondary N) is 1. The van der Waals surface area contributed by atoms with Crippen molar-refractivity contribution < 1.29 is 19.2 Å². The van der Waals surface area contributed by atoms with Crippen molar-refractivity contribution in [3.63, 3.8) is 0 Å². The van der Waals surface area contributed by atoms with E-state index in [1.54, 1.807) is 12.3 Å². The van der Waals surface area contributed by atoms with Crippen LogP contribution in [0.2, 0.25) is 0 Å². The third-order valence-corrected chi connectivity index (χ3v) is 5.65. The molecular formula is C15H18N3O4S2+. The third kappa shape index (κ3) is 3.78. The maximum Gasteiger partial charge on any atom is 0.359 e. The number of aromatic nitrogens is 1. The van der Waals surface area contributed by atoms with Crippen LogP contribution >= 0.6 is 23.1 Å². The molecule has 1 aromatic heterocycles. The Bertz CT molecular complexity index is 781. The number of aromatic hydroxyl groups is 1. The van der Waals surface area contributed by atoms with Crippen molar-refractivity contribution in [2.45, 2.75) is 19.8 Å². The molecule has 1 aromatic rings. The molecule has 2 N–H and O–H groups in total. The van der Waals surface area contributed by atoms with E-state index in [2.05, 4.69) is 14.6 Å². The second-order valence-electron chi connectivity index (χ2n) is 5.43. The molecule has 24 heavy (non-hydrogen) atoms. The van der Waals surface area contributed by atoms with E-state index in [-0.39, 0.29) is 22.6 Å². The number of aliphatic imine (C=N–C) groups is 1. The van der Waals surface area contributed by atoms with Crippen molar-refractivity contribution in [1.82, 2.24) is 4.98 Å². The molecule has 7 nitrogen and oxygen atoms in total. The molecular weight excluding hydrogens is 350 g/mol. The molecule has 0 unspecified atom stereocenters. The molecule has 0 atom stereocenters. The Balaban J connectivity index is 1.65. The molecule has 3 heterocycles. The van der Waals surface area contributed by atoms with Crippen molar-refractivity contribution in [2.24, 2.45) is 10.9 Å². The molecule has 2 aliphatic heterocycles. The third-order valence-electron chi connectivity index (χ3n) is 3.83. The maximum atomic E-state index is 11.8. The Morgan fingerprint density at radius 3 is 2.92 bits per heavy atom. The number of hydrogen-bond donors (Lipinski definition) is 2. The first-order valence-corrected chi connectivity index (χ1v) is 9.34. The summed E-state index contributed by atoms with van der Waals surface area (Å²) in [4.78, 5) is 30.8. The van der Waals surface area contributed by atoms with E-state index >= 15 is 0 Å². The van der Waals surface area contributed by atoms with Gasteiger partial charge in [0, 0.05) is 11.8 Å². The number of allylic oxidation sites excluding steroid dienone is 1. The minimum absolute atomic E-state index is 0.0266. The van der Waals surface area contributed by atoms with Gasteiger partial charge in [0.15, 0.2) is 6.21 Å². The summed E-state index contributed by atoms with van der Waals surface area (Å²) < 4.78 is 7.23. The fourth-order valence-electron chi connectivity index (χ4n) is 2.62. The normalized spacial score (nSPS) is 22.4. The summed E-state index contributed by atoms with van der Waals surface area (Å²) >= 11 is 2.45. The van der Waals surface area contributed by atoms with Gasteiger partial charge in [0.2, 0.25) is 5.88 Å². The highest BCUT2D eigenvalue weighted by molar-refractivity contribution is 8.18. The summed E-state index contributed by atoms with van der Waals surface area (Å²) in [5, 5.41) is 10.5. The lowest BCUT2D eigenvalue weighted by atomic mass is 9.98. The number of thiazole rings is 1. The lowest BCUT2D eigenvalue weighted by molar-refractivity contribution is -0.538. The van der Waals surface area contributed by atoms with Crippen molar-refractivity contribution in [1.29, 1.82) is 0 Å². The van der Waals surface area contributed by atoms with Crippen LogP contribution in [0.3, 0.4) is 0 Å². The average molecular weight is 368 g/mol. The second kappa shape index (κ2) is 7.35. The molecule has 0 amide bonds. The standard InChI is InChI=1S/C15H17N3O4S2/c1-2-22-13(20)9-3-5-18(6-4-9)14-16-8-10(23-14)7-11-12(19)17-15(21)24-11/h7-9H,2-6H2,1H3,(H,17,19,21)/p+1. The zero-order valence-corrected chi connectivity index (χ0v) is 14.8. The van der Waals surface area contributed by atoms with E-state index in [0.29, 0.717) is 11.5 Å². The summed E-state index contributed by atoms with van der Waals surface area (Å²) in [6, 6.07) is 0. The molecule has 0 radical (unpaired) electrons. The largest absolute Gasteiger partial charge is 0.493 e. The Morgan fingerprint density at radius 1 is 1.54 bits per heavy atom. The number of amidine groups is 1. The lowest BCUT2D eigenvalue weighted by Crippen LogP contribution is -2.33. The van der Waals surface area contributed by atoms with Gasteiger partial charge < -0.3 is 9.84 Å². The van der Waals surface area contributed by atoms with Crippen molar-refractivity contribution in [2.75, 3.05) is 19.7 Å². The van der Waals surface area contributed by atoms with Crippen molar-refractivity contribution in [3.05, 3.63) is 19.4 Å². The van der Waals surface area contributed by atoms with Crippen LogP contribution in [0.4, 0.5) is 0 Å². The smallest absolute Gasteiger partial charge is 0.359 e. The number of nitrogens with zero attached hydrogens (tertiary/aromatic N) is 2. The Labute approximate surface area is 146 Å². The van der Waals surface area contributed by atoms with Crippen molar-refractivity contribution in [3.8, 4) is 5.88 Å². The highest BCUT2D eigenvalue weighted by Crippen LogP contribution is 2.29. The number of esters is 1. The molecule has 128 valence electrons. The lowest BCUT2D eigenvalue weighted by Gasteiger charge is -2.21. The Kier molecular flexibility index (Phi) is 5.20. The molecule has 3 rings (SSSR count). The Hall–Kier alpha value is -1.87. The number of carbonyl (C=O) groups is 1. The van der Waals surface area contributed by atoms with Gasteiger partial charge in [0.1, 0.15) is 0 Å². The molecule has 1 saturated heterocycles. The number of hydrogen-bond acceptors (Lipinski definition) is 6. The van der Waals surface area contributed by atoms with Gasteiger partial charge in [-0.25, -0.2) is 0 Å². The van der Waals surface area contributed by atoms with E-state index in [4.69, 9.17) is 4.74 Å². The van der Waals surface area contributed by atoms with Crippen LogP contribution in [0.15, 0.2) is 14.7 Å². The first kappa shape index (κ1) is 17.0. The van der Waals surface area contributed by atoms with E-state index in [9.17, 15) is 14.7 Å². The SMILES string of the molecule is CCOC(=O)C1CC[N+](=C2N=C/C(=C/c3sc(=O)[nH]c3O)S2)CC1. The van der Waals surface area contributed by atoms with Gasteiger partial charge in [0.05, 0.1) is 35.4 Å². The fourth-order valence-corrected chi connectivity index (χ4v) is 4.28. The molecule has 1 fully saturated rings. The average Bonchev–Trinajstić information content (AvgIpc) is 3.15. The number of rotatable bonds is 3. The predicted molar refractivity (Wildman–Crippen MR) is 95.0 cm³/mol. The van der Waals surface area contributed by atoms with Crippen LogP contribution in [0.5, 0.6) is 5.88 Å². The number of H-pyrrole nitrogens is 1. The fraction of sp³-hybridized carbons (Fsp3) is 0.467. The minimum Gasteiger partial charge on any atom is -0.493 e. The van der Waals surface area contributed by atoms with Crippen LogP contribution in [0.25, 0.3) is 6.08 Å². The minimum atomic E-state index is -0.287. The van der Waals surface area contributed by atoms with E-state index in [0.717, 1.165) is 47.3 Å². The summed E-state index contributed by atoms with van der Waals surface area (Å²) in [5.41, 5.74) is 0. The van der Waals surface area contributed by atoms with Gasteiger partial charge in [-0.2, -0.15) is 0 Å². The summed E-state index contributed by atoms with van der Waals surface area (Å²) in [7, 11) is 0.